The first kappa shape index (κ1) is 19.5. The van der Waals surface area contributed by atoms with Gasteiger partial charge in [0.1, 0.15) is 0 Å². The molecule has 2 N–H and O–H groups in total. The third kappa shape index (κ3) is 4.42. The van der Waals surface area contributed by atoms with E-state index in [9.17, 15) is 4.79 Å². The molecule has 1 heterocycles. The molecule has 3 nitrogen and oxygen atoms in total. The van der Waals surface area contributed by atoms with E-state index < -0.39 is 0 Å². The van der Waals surface area contributed by atoms with Crippen molar-refractivity contribution < 1.29 is 4.79 Å². The van der Waals surface area contributed by atoms with Crippen molar-refractivity contribution in [2.75, 3.05) is 6.54 Å². The van der Waals surface area contributed by atoms with E-state index in [1.54, 1.807) is 0 Å². The Hall–Kier alpha value is -1.84. The Morgan fingerprint density at radius 2 is 1.80 bits per heavy atom. The zero-order valence-corrected chi connectivity index (χ0v) is 15.7. The summed E-state index contributed by atoms with van der Waals surface area (Å²) in [4.78, 5) is 14.8. The molecule has 1 aliphatic rings. The fourth-order valence-corrected chi connectivity index (χ4v) is 3.77. The first-order valence-electron chi connectivity index (χ1n) is 8.71. The molecule has 1 saturated heterocycles. The summed E-state index contributed by atoms with van der Waals surface area (Å²) < 4.78 is 0. The van der Waals surface area contributed by atoms with Gasteiger partial charge in [-0.15, -0.1) is 12.4 Å². The monoisotopic (exact) mass is 358 g/mol. The minimum Gasteiger partial charge on any atom is -0.339 e. The molecule has 0 saturated carbocycles. The SMILES string of the molecule is Cc1ccccc1C1CC(C)N(C(=O)CC(N)c2ccccc2)C1.Cl. The number of carbonyl (C=O) groups is 1. The van der Waals surface area contributed by atoms with E-state index in [0.717, 1.165) is 18.5 Å². The minimum atomic E-state index is -0.233. The Morgan fingerprint density at radius 3 is 2.48 bits per heavy atom. The van der Waals surface area contributed by atoms with Crippen LogP contribution in [0.25, 0.3) is 0 Å². The molecule has 0 aromatic heterocycles. The summed E-state index contributed by atoms with van der Waals surface area (Å²) in [6.07, 6.45) is 1.39. The van der Waals surface area contributed by atoms with E-state index in [0.29, 0.717) is 12.3 Å². The van der Waals surface area contributed by atoms with Crippen LogP contribution in [0.1, 0.15) is 48.4 Å². The second-order valence-corrected chi connectivity index (χ2v) is 6.91. The Labute approximate surface area is 156 Å². The van der Waals surface area contributed by atoms with Gasteiger partial charge in [-0.25, -0.2) is 0 Å². The molecule has 1 fully saturated rings. The molecule has 1 amide bonds. The maximum Gasteiger partial charge on any atom is 0.224 e. The molecule has 3 rings (SSSR count). The zero-order valence-electron chi connectivity index (χ0n) is 14.9. The highest BCUT2D eigenvalue weighted by molar-refractivity contribution is 5.85. The van der Waals surface area contributed by atoms with Gasteiger partial charge in [0.05, 0.1) is 0 Å². The fourth-order valence-electron chi connectivity index (χ4n) is 3.77. The molecule has 2 aromatic carbocycles. The van der Waals surface area contributed by atoms with E-state index in [1.807, 2.05) is 35.2 Å². The van der Waals surface area contributed by atoms with E-state index in [1.165, 1.54) is 11.1 Å². The van der Waals surface area contributed by atoms with Crippen LogP contribution in [0.5, 0.6) is 0 Å². The number of benzene rings is 2. The summed E-state index contributed by atoms with van der Waals surface area (Å²) in [7, 11) is 0. The van der Waals surface area contributed by atoms with Crippen LogP contribution in [0.2, 0.25) is 0 Å². The number of nitrogens with zero attached hydrogens (tertiary/aromatic N) is 1. The molecule has 4 heteroatoms. The molecule has 1 aliphatic heterocycles. The highest BCUT2D eigenvalue weighted by Gasteiger charge is 2.34. The smallest absolute Gasteiger partial charge is 0.224 e. The average molecular weight is 359 g/mol. The summed E-state index contributed by atoms with van der Waals surface area (Å²) in [6.45, 7) is 5.09. The molecular formula is C21H27ClN2O. The van der Waals surface area contributed by atoms with Crippen molar-refractivity contribution >= 4 is 18.3 Å². The lowest BCUT2D eigenvalue weighted by atomic mass is 9.93. The van der Waals surface area contributed by atoms with Gasteiger partial charge in [0.2, 0.25) is 5.91 Å². The summed E-state index contributed by atoms with van der Waals surface area (Å²) in [5.41, 5.74) is 9.93. The maximum atomic E-state index is 12.7. The molecule has 0 radical (unpaired) electrons. The number of halogens is 1. The number of nitrogens with two attached hydrogens (primary N) is 1. The van der Waals surface area contributed by atoms with Gasteiger partial charge in [-0.1, -0.05) is 54.6 Å². The van der Waals surface area contributed by atoms with Crippen molar-refractivity contribution in [3.63, 3.8) is 0 Å². The van der Waals surface area contributed by atoms with Crippen LogP contribution in [0.15, 0.2) is 54.6 Å². The number of hydrogen-bond donors (Lipinski definition) is 1. The van der Waals surface area contributed by atoms with Crippen LogP contribution in [0.3, 0.4) is 0 Å². The van der Waals surface area contributed by atoms with E-state index in [2.05, 4.69) is 38.1 Å². The van der Waals surface area contributed by atoms with E-state index >= 15 is 0 Å². The van der Waals surface area contributed by atoms with Crippen molar-refractivity contribution in [3.05, 3.63) is 71.3 Å². The van der Waals surface area contributed by atoms with E-state index in [-0.39, 0.29) is 30.4 Å². The van der Waals surface area contributed by atoms with Crippen LogP contribution in [0, 0.1) is 6.92 Å². The topological polar surface area (TPSA) is 46.3 Å². The predicted molar refractivity (Wildman–Crippen MR) is 105 cm³/mol. The number of rotatable bonds is 4. The van der Waals surface area contributed by atoms with E-state index in [4.69, 9.17) is 5.73 Å². The second kappa shape index (κ2) is 8.50. The lowest BCUT2D eigenvalue weighted by molar-refractivity contribution is -0.132. The van der Waals surface area contributed by atoms with Crippen LogP contribution in [-0.4, -0.2) is 23.4 Å². The molecule has 3 atom stereocenters. The van der Waals surface area contributed by atoms with Crippen molar-refractivity contribution in [3.8, 4) is 0 Å². The van der Waals surface area contributed by atoms with Crippen LogP contribution < -0.4 is 5.73 Å². The lowest BCUT2D eigenvalue weighted by Gasteiger charge is -2.23. The summed E-state index contributed by atoms with van der Waals surface area (Å²) in [5.74, 6) is 0.591. The third-order valence-electron chi connectivity index (χ3n) is 5.15. The van der Waals surface area contributed by atoms with Gasteiger partial charge < -0.3 is 10.6 Å². The molecule has 0 spiro atoms. The van der Waals surface area contributed by atoms with Crippen molar-refractivity contribution in [1.29, 1.82) is 0 Å². The quantitative estimate of drug-likeness (QED) is 0.889. The van der Waals surface area contributed by atoms with Crippen LogP contribution in [-0.2, 0) is 4.79 Å². The van der Waals surface area contributed by atoms with Crippen molar-refractivity contribution in [2.24, 2.45) is 5.73 Å². The molecular weight excluding hydrogens is 332 g/mol. The Kier molecular flexibility index (Phi) is 6.63. The number of amides is 1. The summed E-state index contributed by atoms with van der Waals surface area (Å²) in [6, 6.07) is 18.4. The summed E-state index contributed by atoms with van der Waals surface area (Å²) >= 11 is 0. The van der Waals surface area contributed by atoms with Crippen molar-refractivity contribution in [1.82, 2.24) is 4.90 Å². The van der Waals surface area contributed by atoms with Gasteiger partial charge in [-0.3, -0.25) is 4.79 Å². The lowest BCUT2D eigenvalue weighted by Crippen LogP contribution is -2.35. The minimum absolute atomic E-state index is 0. The first-order chi connectivity index (χ1) is 11.6. The Balaban J connectivity index is 0.00000225. The second-order valence-electron chi connectivity index (χ2n) is 6.91. The van der Waals surface area contributed by atoms with Gasteiger partial charge in [0.15, 0.2) is 0 Å². The fraction of sp³-hybridized carbons (Fsp3) is 0.381. The number of carbonyl (C=O) groups excluding carboxylic acids is 1. The van der Waals surface area contributed by atoms with Crippen LogP contribution in [0.4, 0.5) is 0 Å². The molecule has 0 aliphatic carbocycles. The Morgan fingerprint density at radius 1 is 1.16 bits per heavy atom. The summed E-state index contributed by atoms with van der Waals surface area (Å²) in [5, 5.41) is 0. The largest absolute Gasteiger partial charge is 0.339 e. The number of hydrogen-bond acceptors (Lipinski definition) is 2. The number of aryl methyl sites for hydroxylation is 1. The first-order valence-corrected chi connectivity index (χ1v) is 8.71. The molecule has 0 bridgehead atoms. The average Bonchev–Trinajstić information content (AvgIpc) is 2.97. The highest BCUT2D eigenvalue weighted by atomic mass is 35.5. The van der Waals surface area contributed by atoms with Gasteiger partial charge in [-0.2, -0.15) is 0 Å². The third-order valence-corrected chi connectivity index (χ3v) is 5.15. The molecule has 3 unspecified atom stereocenters. The molecule has 25 heavy (non-hydrogen) atoms. The zero-order chi connectivity index (χ0) is 17.1. The molecule has 134 valence electrons. The molecule has 2 aromatic rings. The maximum absolute atomic E-state index is 12.7. The predicted octanol–water partition coefficient (Wildman–Crippen LogP) is 4.21. The van der Waals surface area contributed by atoms with Gasteiger partial charge >= 0.3 is 0 Å². The normalized spacial score (nSPS) is 20.8. The van der Waals surface area contributed by atoms with Crippen LogP contribution >= 0.6 is 12.4 Å². The standard InChI is InChI=1S/C21H26N2O.ClH/c1-15-8-6-7-11-19(15)18-12-16(2)23(14-18)21(24)13-20(22)17-9-4-3-5-10-17;/h3-11,16,18,20H,12-14,22H2,1-2H3;1H. The van der Waals surface area contributed by atoms with Gasteiger partial charge in [0.25, 0.3) is 0 Å². The van der Waals surface area contributed by atoms with Crippen molar-refractivity contribution in [2.45, 2.75) is 44.7 Å². The highest BCUT2D eigenvalue weighted by Crippen LogP contribution is 2.34. The van der Waals surface area contributed by atoms with Gasteiger partial charge in [-0.05, 0) is 37.0 Å². The Bertz CT molecular complexity index is 704. The number of likely N-dealkylation sites (tertiary alicyclic amines) is 1. The van der Waals surface area contributed by atoms with Gasteiger partial charge in [0, 0.05) is 31.0 Å².